The SMILES string of the molecule is CCC12C3=C(N)C1=C2C(C(=O)c1cc(N)ccc1C(=O)O)=C3. The van der Waals surface area contributed by atoms with Gasteiger partial charge in [0.25, 0.3) is 0 Å². The van der Waals surface area contributed by atoms with Crippen LogP contribution in [0.15, 0.2) is 52.3 Å². The van der Waals surface area contributed by atoms with Crippen molar-refractivity contribution >= 4 is 17.4 Å². The summed E-state index contributed by atoms with van der Waals surface area (Å²) in [6.07, 6.45) is 2.68. The number of nitrogens with two attached hydrogens (primary N) is 2. The second-order valence-electron chi connectivity index (χ2n) is 5.83. The number of benzene rings is 1. The Morgan fingerprint density at radius 2 is 1.91 bits per heavy atom. The summed E-state index contributed by atoms with van der Waals surface area (Å²) < 4.78 is 0. The molecule has 1 aromatic rings. The lowest BCUT2D eigenvalue weighted by Gasteiger charge is -2.27. The van der Waals surface area contributed by atoms with Crippen molar-refractivity contribution in [2.24, 2.45) is 11.1 Å². The summed E-state index contributed by atoms with van der Waals surface area (Å²) in [5.74, 6) is -1.43. The summed E-state index contributed by atoms with van der Waals surface area (Å²) in [5, 5.41) is 9.27. The zero-order valence-corrected chi connectivity index (χ0v) is 11.9. The van der Waals surface area contributed by atoms with E-state index in [0.29, 0.717) is 11.3 Å². The van der Waals surface area contributed by atoms with Gasteiger partial charge in [-0.25, -0.2) is 4.79 Å². The maximum Gasteiger partial charge on any atom is 0.336 e. The maximum atomic E-state index is 12.8. The molecule has 3 aliphatic carbocycles. The molecule has 4 rings (SSSR count). The third-order valence-corrected chi connectivity index (χ3v) is 4.91. The van der Waals surface area contributed by atoms with Gasteiger partial charge < -0.3 is 16.6 Å². The van der Waals surface area contributed by atoms with Crippen LogP contribution in [-0.4, -0.2) is 16.9 Å². The van der Waals surface area contributed by atoms with Crippen molar-refractivity contribution in [3.8, 4) is 0 Å². The summed E-state index contributed by atoms with van der Waals surface area (Å²) >= 11 is 0. The van der Waals surface area contributed by atoms with Crippen LogP contribution in [0.25, 0.3) is 0 Å². The van der Waals surface area contributed by atoms with Crippen molar-refractivity contribution in [1.82, 2.24) is 0 Å². The van der Waals surface area contributed by atoms with Gasteiger partial charge in [0.1, 0.15) is 0 Å². The number of carboxylic acid groups (broad SMARTS) is 1. The molecule has 0 saturated heterocycles. The van der Waals surface area contributed by atoms with Gasteiger partial charge in [-0.3, -0.25) is 4.79 Å². The highest BCUT2D eigenvalue weighted by molar-refractivity contribution is 6.20. The molecule has 1 unspecified atom stereocenters. The summed E-state index contributed by atoms with van der Waals surface area (Å²) in [4.78, 5) is 24.1. The first kappa shape index (κ1) is 12.9. The van der Waals surface area contributed by atoms with Gasteiger partial charge in [0.05, 0.1) is 11.0 Å². The topological polar surface area (TPSA) is 106 Å². The molecule has 3 aliphatic rings. The van der Waals surface area contributed by atoms with Crippen molar-refractivity contribution in [1.29, 1.82) is 0 Å². The number of carbonyl (C=O) groups excluding carboxylic acids is 1. The fourth-order valence-electron chi connectivity index (χ4n) is 3.84. The number of carboxylic acids is 1. The smallest absolute Gasteiger partial charge is 0.336 e. The standard InChI is InChI=1S/C17H14N2O3/c1-2-17-11-6-10(12(17)13(17)14(11)19)15(20)9-5-7(18)3-4-8(9)16(21)22/h3-6H,2,18-19H2,1H3,(H,21,22). The van der Waals surface area contributed by atoms with Crippen LogP contribution >= 0.6 is 0 Å². The second kappa shape index (κ2) is 3.68. The molecule has 0 fully saturated rings. The Balaban J connectivity index is 1.79. The van der Waals surface area contributed by atoms with Gasteiger partial charge in [-0.2, -0.15) is 0 Å². The average Bonchev–Trinajstić information content (AvgIpc) is 3.00. The van der Waals surface area contributed by atoms with E-state index >= 15 is 0 Å². The Labute approximate surface area is 126 Å². The number of hydrogen-bond acceptors (Lipinski definition) is 4. The number of ketones is 1. The Hall–Kier alpha value is -2.82. The Bertz CT molecular complexity index is 889. The van der Waals surface area contributed by atoms with E-state index in [1.165, 1.54) is 18.2 Å². The number of rotatable bonds is 4. The Morgan fingerprint density at radius 3 is 2.45 bits per heavy atom. The van der Waals surface area contributed by atoms with E-state index in [1.54, 1.807) is 6.08 Å². The molecule has 0 aromatic heterocycles. The molecule has 5 nitrogen and oxygen atoms in total. The molecule has 1 aromatic carbocycles. The molecule has 110 valence electrons. The van der Waals surface area contributed by atoms with E-state index in [9.17, 15) is 14.7 Å². The minimum atomic E-state index is -1.14. The van der Waals surface area contributed by atoms with E-state index in [-0.39, 0.29) is 22.3 Å². The number of carbonyl (C=O) groups is 2. The van der Waals surface area contributed by atoms with Gasteiger partial charge in [0, 0.05) is 22.5 Å². The fourth-order valence-corrected chi connectivity index (χ4v) is 3.84. The lowest BCUT2D eigenvalue weighted by Crippen LogP contribution is -2.23. The molecule has 22 heavy (non-hydrogen) atoms. The largest absolute Gasteiger partial charge is 0.478 e. The molecular formula is C17H14N2O3. The van der Waals surface area contributed by atoms with Crippen molar-refractivity contribution in [3.63, 3.8) is 0 Å². The van der Waals surface area contributed by atoms with Gasteiger partial charge in [0.15, 0.2) is 5.78 Å². The number of anilines is 1. The predicted molar refractivity (Wildman–Crippen MR) is 81.2 cm³/mol. The van der Waals surface area contributed by atoms with Gasteiger partial charge in [-0.05, 0) is 47.4 Å². The molecule has 0 radical (unpaired) electrons. The third-order valence-electron chi connectivity index (χ3n) is 4.91. The lowest BCUT2D eigenvalue weighted by molar-refractivity contribution is 0.0693. The number of nitrogen functional groups attached to an aromatic ring is 1. The number of hydrogen-bond donors (Lipinski definition) is 3. The fraction of sp³-hybridized carbons (Fsp3) is 0.176. The van der Waals surface area contributed by atoms with E-state index in [1.807, 2.05) is 0 Å². The first-order valence-corrected chi connectivity index (χ1v) is 7.09. The number of allylic oxidation sites excluding steroid dienone is 5. The zero-order valence-electron chi connectivity index (χ0n) is 11.9. The van der Waals surface area contributed by atoms with Crippen LogP contribution in [0.3, 0.4) is 0 Å². The third kappa shape index (κ3) is 1.20. The molecule has 0 spiro atoms. The van der Waals surface area contributed by atoms with E-state index in [2.05, 4.69) is 6.92 Å². The van der Waals surface area contributed by atoms with Gasteiger partial charge in [0.2, 0.25) is 0 Å². The molecule has 0 aliphatic heterocycles. The highest BCUT2D eigenvalue weighted by Crippen LogP contribution is 2.76. The van der Waals surface area contributed by atoms with Gasteiger partial charge in [-0.1, -0.05) is 6.92 Å². The monoisotopic (exact) mass is 294 g/mol. The highest BCUT2D eigenvalue weighted by atomic mass is 16.4. The Kier molecular flexibility index (Phi) is 2.16. The summed E-state index contributed by atoms with van der Waals surface area (Å²) in [5.41, 5.74) is 16.4. The van der Waals surface area contributed by atoms with Crippen LogP contribution in [0.4, 0.5) is 5.69 Å². The maximum absolute atomic E-state index is 12.8. The lowest BCUT2D eigenvalue weighted by atomic mass is 9.78. The van der Waals surface area contributed by atoms with Crippen molar-refractivity contribution < 1.29 is 14.7 Å². The number of aromatic carboxylic acids is 1. The number of Topliss-reactive ketones (excluding diaryl/α,β-unsaturated/α-hetero) is 1. The first-order chi connectivity index (χ1) is 10.4. The molecule has 5 N–H and O–H groups in total. The molecule has 0 bridgehead atoms. The first-order valence-electron chi connectivity index (χ1n) is 7.09. The van der Waals surface area contributed by atoms with Crippen molar-refractivity contribution in [2.45, 2.75) is 13.3 Å². The molecule has 5 heteroatoms. The zero-order chi connectivity index (χ0) is 15.8. The van der Waals surface area contributed by atoms with Crippen LogP contribution < -0.4 is 11.5 Å². The molecular weight excluding hydrogens is 280 g/mol. The minimum Gasteiger partial charge on any atom is -0.478 e. The van der Waals surface area contributed by atoms with Crippen molar-refractivity contribution in [2.75, 3.05) is 5.73 Å². The van der Waals surface area contributed by atoms with E-state index in [0.717, 1.165) is 28.8 Å². The molecule has 1 atom stereocenters. The normalized spacial score (nSPS) is 24.0. The summed E-state index contributed by atoms with van der Waals surface area (Å²) in [7, 11) is 0. The van der Waals surface area contributed by atoms with Crippen LogP contribution in [0.2, 0.25) is 0 Å². The molecule has 0 saturated carbocycles. The summed E-state index contributed by atoms with van der Waals surface area (Å²) in [6, 6.07) is 4.28. The van der Waals surface area contributed by atoms with Crippen LogP contribution in [0.1, 0.15) is 34.1 Å². The Morgan fingerprint density at radius 1 is 1.18 bits per heavy atom. The van der Waals surface area contributed by atoms with Gasteiger partial charge >= 0.3 is 5.97 Å². The van der Waals surface area contributed by atoms with E-state index in [4.69, 9.17) is 11.5 Å². The summed E-state index contributed by atoms with van der Waals surface area (Å²) in [6.45, 7) is 2.06. The van der Waals surface area contributed by atoms with Crippen LogP contribution in [0, 0.1) is 5.41 Å². The predicted octanol–water partition coefficient (Wildman–Crippen LogP) is 2.02. The van der Waals surface area contributed by atoms with Crippen molar-refractivity contribution in [3.05, 3.63) is 63.4 Å². The van der Waals surface area contributed by atoms with Crippen LogP contribution in [-0.2, 0) is 0 Å². The average molecular weight is 294 g/mol. The molecule has 0 amide bonds. The van der Waals surface area contributed by atoms with Crippen LogP contribution in [0.5, 0.6) is 0 Å². The quantitative estimate of drug-likeness (QED) is 0.582. The highest BCUT2D eigenvalue weighted by Gasteiger charge is 2.67. The molecule has 0 heterocycles. The minimum absolute atomic E-state index is 0.0315. The van der Waals surface area contributed by atoms with E-state index < -0.39 is 5.97 Å². The van der Waals surface area contributed by atoms with Gasteiger partial charge in [-0.15, -0.1) is 0 Å². The second-order valence-corrected chi connectivity index (χ2v) is 5.83.